The van der Waals surface area contributed by atoms with E-state index in [2.05, 4.69) is 20.1 Å². The number of hydrogen-bond acceptors (Lipinski definition) is 7. The third kappa shape index (κ3) is 4.13. The molecule has 0 spiro atoms. The first-order chi connectivity index (χ1) is 17.6. The highest BCUT2D eigenvalue weighted by Gasteiger charge is 2.59. The Bertz CT molecular complexity index is 1610. The van der Waals surface area contributed by atoms with Crippen molar-refractivity contribution < 1.29 is 17.9 Å². The van der Waals surface area contributed by atoms with Crippen LogP contribution >= 0.6 is 11.6 Å². The lowest BCUT2D eigenvalue weighted by atomic mass is 10.1. The van der Waals surface area contributed by atoms with E-state index in [1.165, 1.54) is 33.6 Å². The van der Waals surface area contributed by atoms with E-state index in [-0.39, 0.29) is 46.2 Å². The number of anilines is 1. The fraction of sp³-hybridized carbons (Fsp3) is 0.375. The molecule has 1 aliphatic carbocycles. The smallest absolute Gasteiger partial charge is 0.279 e. The lowest BCUT2D eigenvalue weighted by Gasteiger charge is -2.32. The van der Waals surface area contributed by atoms with Gasteiger partial charge in [-0.2, -0.15) is 5.10 Å². The third-order valence-electron chi connectivity index (χ3n) is 6.78. The number of halogens is 4. The van der Waals surface area contributed by atoms with Crippen molar-refractivity contribution in [1.82, 2.24) is 29.3 Å². The van der Waals surface area contributed by atoms with Crippen LogP contribution in [-0.2, 0) is 11.8 Å². The van der Waals surface area contributed by atoms with Gasteiger partial charge in [-0.05, 0) is 25.1 Å². The second-order valence-corrected chi connectivity index (χ2v) is 9.69. The van der Waals surface area contributed by atoms with Gasteiger partial charge in [0, 0.05) is 42.4 Å². The zero-order valence-corrected chi connectivity index (χ0v) is 20.6. The number of aromatic nitrogens is 6. The molecule has 1 saturated heterocycles. The second kappa shape index (κ2) is 8.52. The molecule has 9 nitrogen and oxygen atoms in total. The zero-order valence-electron chi connectivity index (χ0n) is 19.8. The molecule has 37 heavy (non-hydrogen) atoms. The van der Waals surface area contributed by atoms with E-state index in [9.17, 15) is 18.0 Å². The lowest BCUT2D eigenvalue weighted by Crippen LogP contribution is -2.39. The van der Waals surface area contributed by atoms with Crippen molar-refractivity contribution in [3.8, 4) is 11.3 Å². The molecule has 3 aromatic heterocycles. The molecule has 1 saturated carbocycles. The molecule has 4 heterocycles. The van der Waals surface area contributed by atoms with Gasteiger partial charge >= 0.3 is 0 Å². The van der Waals surface area contributed by atoms with E-state index in [1.54, 1.807) is 20.2 Å². The maximum absolute atomic E-state index is 15.0. The number of fused-ring (bicyclic) bond motifs is 1. The molecule has 0 bridgehead atoms. The van der Waals surface area contributed by atoms with Gasteiger partial charge in [0.05, 0.1) is 19.3 Å². The molecule has 0 N–H and O–H groups in total. The number of alkyl halides is 2. The Kier molecular flexibility index (Phi) is 5.50. The second-order valence-electron chi connectivity index (χ2n) is 9.26. The van der Waals surface area contributed by atoms with Crippen molar-refractivity contribution in [2.75, 3.05) is 24.6 Å². The zero-order chi connectivity index (χ0) is 26.1. The highest BCUT2D eigenvalue weighted by atomic mass is 35.5. The molecule has 0 amide bonds. The quantitative estimate of drug-likeness (QED) is 0.395. The average molecular weight is 532 g/mol. The van der Waals surface area contributed by atoms with Gasteiger partial charge in [0.15, 0.2) is 5.52 Å². The van der Waals surface area contributed by atoms with Crippen LogP contribution in [0.25, 0.3) is 22.3 Å². The van der Waals surface area contributed by atoms with Crippen LogP contribution in [0.3, 0.4) is 0 Å². The predicted octanol–water partition coefficient (Wildman–Crippen LogP) is 3.85. The van der Waals surface area contributed by atoms with Crippen LogP contribution in [0.15, 0.2) is 35.4 Å². The summed E-state index contributed by atoms with van der Waals surface area (Å²) in [5, 5.41) is 4.31. The molecule has 6 rings (SSSR count). The van der Waals surface area contributed by atoms with Crippen molar-refractivity contribution in [3.63, 3.8) is 0 Å². The maximum atomic E-state index is 15.0. The molecule has 192 valence electrons. The monoisotopic (exact) mass is 531 g/mol. The van der Waals surface area contributed by atoms with Gasteiger partial charge in [0.2, 0.25) is 5.95 Å². The van der Waals surface area contributed by atoms with Crippen molar-refractivity contribution >= 4 is 28.6 Å². The summed E-state index contributed by atoms with van der Waals surface area (Å²) >= 11 is 5.95. The number of ether oxygens (including phenoxy) is 1. The lowest BCUT2D eigenvalue weighted by molar-refractivity contribution is 0.0391. The Hall–Kier alpha value is -3.51. The minimum absolute atomic E-state index is 0.0503. The maximum Gasteiger partial charge on any atom is 0.279 e. The summed E-state index contributed by atoms with van der Waals surface area (Å²) < 4.78 is 50.4. The third-order valence-corrected chi connectivity index (χ3v) is 7.01. The van der Waals surface area contributed by atoms with Gasteiger partial charge in [-0.1, -0.05) is 11.6 Å². The Morgan fingerprint density at radius 2 is 1.97 bits per heavy atom. The number of nitrogens with zero attached hydrogens (tertiary/aromatic N) is 7. The summed E-state index contributed by atoms with van der Waals surface area (Å²) in [5.41, 5.74) is 0.788. The topological polar surface area (TPSA) is 91.0 Å². The van der Waals surface area contributed by atoms with Crippen molar-refractivity contribution in [1.29, 1.82) is 0 Å². The van der Waals surface area contributed by atoms with E-state index in [4.69, 9.17) is 16.3 Å². The van der Waals surface area contributed by atoms with Crippen LogP contribution in [-0.4, -0.2) is 54.9 Å². The normalized spacial score (nSPS) is 21.0. The van der Waals surface area contributed by atoms with E-state index < -0.39 is 29.4 Å². The van der Waals surface area contributed by atoms with E-state index in [1.807, 2.05) is 4.90 Å². The molecule has 2 fully saturated rings. The molecule has 2 atom stereocenters. The number of morpholine rings is 1. The molecule has 0 radical (unpaired) electrons. The standard InChI is InChI=1S/C24H21ClF3N7O2/c1-12-30-20-19(15-4-3-14(25)7-16(15)26)31-23(32-21(20)22(36)33(12)2)34-5-6-37-17(11-34)13-9-29-35(10-13)18-8-24(18,27)28/h3-4,7,9-10,17-18H,5-6,8,11H2,1-2H3. The molecule has 1 aromatic carbocycles. The fourth-order valence-electron chi connectivity index (χ4n) is 4.46. The summed E-state index contributed by atoms with van der Waals surface area (Å²) in [7, 11) is 1.58. The molecule has 1 aliphatic heterocycles. The summed E-state index contributed by atoms with van der Waals surface area (Å²) in [6.45, 7) is 2.64. The van der Waals surface area contributed by atoms with Gasteiger partial charge < -0.3 is 9.64 Å². The van der Waals surface area contributed by atoms with Gasteiger partial charge in [0.25, 0.3) is 11.5 Å². The van der Waals surface area contributed by atoms with Gasteiger partial charge in [-0.25, -0.2) is 28.1 Å². The highest BCUT2D eigenvalue weighted by Crippen LogP contribution is 2.52. The Balaban J connectivity index is 1.41. The Labute approximate surface area is 213 Å². The minimum atomic E-state index is -2.74. The van der Waals surface area contributed by atoms with Crippen LogP contribution in [0.4, 0.5) is 19.1 Å². The average Bonchev–Trinajstić information content (AvgIpc) is 3.25. The van der Waals surface area contributed by atoms with Gasteiger partial charge in [-0.15, -0.1) is 0 Å². The minimum Gasteiger partial charge on any atom is -0.370 e. The number of benzene rings is 1. The summed E-state index contributed by atoms with van der Waals surface area (Å²) in [5.74, 6) is -2.72. The number of rotatable bonds is 4. The fourth-order valence-corrected chi connectivity index (χ4v) is 4.62. The first kappa shape index (κ1) is 23.9. The Morgan fingerprint density at radius 1 is 1.19 bits per heavy atom. The van der Waals surface area contributed by atoms with E-state index >= 15 is 0 Å². The SMILES string of the molecule is Cc1nc2c(-c3ccc(Cl)cc3F)nc(N3CCOC(c4cnn(C5CC5(F)F)c4)C3)nc2c(=O)n1C. The predicted molar refractivity (Wildman–Crippen MR) is 129 cm³/mol. The van der Waals surface area contributed by atoms with Crippen molar-refractivity contribution in [2.24, 2.45) is 7.05 Å². The summed E-state index contributed by atoms with van der Waals surface area (Å²) in [6, 6.07) is 3.26. The molecular weight excluding hydrogens is 511 g/mol. The van der Waals surface area contributed by atoms with E-state index in [0.29, 0.717) is 24.5 Å². The van der Waals surface area contributed by atoms with Crippen LogP contribution in [0.2, 0.25) is 5.02 Å². The van der Waals surface area contributed by atoms with Crippen molar-refractivity contribution in [3.05, 3.63) is 63.2 Å². The first-order valence-corrected chi connectivity index (χ1v) is 12.0. The summed E-state index contributed by atoms with van der Waals surface area (Å²) in [4.78, 5) is 28.6. The van der Waals surface area contributed by atoms with Crippen LogP contribution in [0.1, 0.15) is 30.0 Å². The number of hydrogen-bond donors (Lipinski definition) is 0. The van der Waals surface area contributed by atoms with Crippen LogP contribution in [0.5, 0.6) is 0 Å². The van der Waals surface area contributed by atoms with Crippen LogP contribution in [0, 0.1) is 12.7 Å². The molecule has 4 aromatic rings. The number of aryl methyl sites for hydroxylation is 1. The van der Waals surface area contributed by atoms with Crippen molar-refractivity contribution in [2.45, 2.75) is 31.4 Å². The molecule has 2 unspecified atom stereocenters. The van der Waals surface area contributed by atoms with Gasteiger partial charge in [0.1, 0.15) is 35.0 Å². The highest BCUT2D eigenvalue weighted by molar-refractivity contribution is 6.30. The molecular formula is C24H21ClF3N7O2. The largest absolute Gasteiger partial charge is 0.370 e. The Morgan fingerprint density at radius 3 is 2.70 bits per heavy atom. The van der Waals surface area contributed by atoms with Gasteiger partial charge in [-0.3, -0.25) is 14.0 Å². The van der Waals surface area contributed by atoms with E-state index in [0.717, 1.165) is 0 Å². The van der Waals surface area contributed by atoms with Crippen LogP contribution < -0.4 is 10.5 Å². The first-order valence-electron chi connectivity index (χ1n) is 11.6. The molecule has 13 heteroatoms. The summed E-state index contributed by atoms with van der Waals surface area (Å²) in [6.07, 6.45) is 2.37. The molecule has 2 aliphatic rings.